The topological polar surface area (TPSA) is 86.7 Å². The lowest BCUT2D eigenvalue weighted by molar-refractivity contribution is -0.171. The molecule has 1 saturated heterocycles. The summed E-state index contributed by atoms with van der Waals surface area (Å²) < 4.78 is 28.3. The standard InChI is InChI=1S/C22H29NO7/c1-2-27-22-16(4-3-9-24)17(15-5-6-18-19(12-15)29-14-28-18)13-20(30-22)21(25)23-7-10-26-11-8-23/h5-6,12-13,16-17,22,24H,2-4,7-11,14H2,1H3/t16-,17-,22-/m1/s1. The Kier molecular flexibility index (Phi) is 6.76. The van der Waals surface area contributed by atoms with Crippen LogP contribution >= 0.6 is 0 Å². The molecule has 3 atom stereocenters. The van der Waals surface area contributed by atoms with E-state index in [0.29, 0.717) is 63.0 Å². The highest BCUT2D eigenvalue weighted by Gasteiger charge is 2.39. The van der Waals surface area contributed by atoms with E-state index in [2.05, 4.69) is 0 Å². The zero-order valence-electron chi connectivity index (χ0n) is 17.2. The van der Waals surface area contributed by atoms with Gasteiger partial charge in [-0.1, -0.05) is 6.07 Å². The number of benzene rings is 1. The van der Waals surface area contributed by atoms with Gasteiger partial charge in [0.25, 0.3) is 5.91 Å². The van der Waals surface area contributed by atoms with Gasteiger partial charge in [-0.05, 0) is 43.5 Å². The third-order valence-electron chi connectivity index (χ3n) is 5.70. The average Bonchev–Trinajstić information content (AvgIpc) is 3.26. The lowest BCUT2D eigenvalue weighted by Gasteiger charge is -2.38. The van der Waals surface area contributed by atoms with Crippen molar-refractivity contribution < 1.29 is 33.6 Å². The SMILES string of the molecule is CCO[C@@H]1OC(C(=O)N2CCOCC2)=C[C@H](c2ccc3c(c2)OCO3)[C@H]1CCCO. The van der Waals surface area contributed by atoms with Crippen LogP contribution in [0.1, 0.15) is 31.2 Å². The van der Waals surface area contributed by atoms with Crippen molar-refractivity contribution in [2.75, 3.05) is 46.3 Å². The first-order valence-corrected chi connectivity index (χ1v) is 10.6. The molecule has 0 radical (unpaired) electrons. The molecule has 1 fully saturated rings. The number of ether oxygens (including phenoxy) is 5. The predicted octanol–water partition coefficient (Wildman–Crippen LogP) is 2.02. The highest BCUT2D eigenvalue weighted by molar-refractivity contribution is 5.92. The van der Waals surface area contributed by atoms with Crippen molar-refractivity contribution in [2.45, 2.75) is 32.0 Å². The zero-order valence-corrected chi connectivity index (χ0v) is 17.2. The normalized spacial score (nSPS) is 25.6. The Morgan fingerprint density at radius 2 is 2.03 bits per heavy atom. The highest BCUT2D eigenvalue weighted by Crippen LogP contribution is 2.43. The number of carbonyl (C=O) groups is 1. The van der Waals surface area contributed by atoms with Crippen LogP contribution in [0.2, 0.25) is 0 Å². The number of aliphatic hydroxyl groups is 1. The van der Waals surface area contributed by atoms with Gasteiger partial charge in [0.2, 0.25) is 13.1 Å². The maximum absolute atomic E-state index is 13.1. The molecule has 0 bridgehead atoms. The Bertz CT molecular complexity index is 775. The van der Waals surface area contributed by atoms with Crippen molar-refractivity contribution >= 4 is 5.91 Å². The summed E-state index contributed by atoms with van der Waals surface area (Å²) in [7, 11) is 0. The molecule has 0 spiro atoms. The number of carbonyl (C=O) groups excluding carboxylic acids is 1. The van der Waals surface area contributed by atoms with Gasteiger partial charge in [0.1, 0.15) is 0 Å². The van der Waals surface area contributed by atoms with E-state index < -0.39 is 6.29 Å². The minimum atomic E-state index is -0.568. The van der Waals surface area contributed by atoms with Crippen molar-refractivity contribution in [1.29, 1.82) is 0 Å². The summed E-state index contributed by atoms with van der Waals surface area (Å²) in [6.45, 7) is 4.81. The number of morpholine rings is 1. The molecule has 0 saturated carbocycles. The van der Waals surface area contributed by atoms with Gasteiger partial charge in [-0.25, -0.2) is 0 Å². The summed E-state index contributed by atoms with van der Waals surface area (Å²) in [6, 6.07) is 5.84. The molecule has 0 unspecified atom stereocenters. The van der Waals surface area contributed by atoms with Crippen LogP contribution in [0.4, 0.5) is 0 Å². The molecule has 30 heavy (non-hydrogen) atoms. The maximum atomic E-state index is 13.1. The van der Waals surface area contributed by atoms with Crippen LogP contribution in [0.3, 0.4) is 0 Å². The van der Waals surface area contributed by atoms with Gasteiger partial charge < -0.3 is 33.7 Å². The summed E-state index contributed by atoms with van der Waals surface area (Å²) in [4.78, 5) is 14.9. The van der Waals surface area contributed by atoms with Gasteiger partial charge in [-0.3, -0.25) is 4.79 Å². The quantitative estimate of drug-likeness (QED) is 0.724. The molecule has 1 amide bonds. The van der Waals surface area contributed by atoms with Crippen LogP contribution < -0.4 is 9.47 Å². The predicted molar refractivity (Wildman–Crippen MR) is 107 cm³/mol. The smallest absolute Gasteiger partial charge is 0.288 e. The first-order chi connectivity index (χ1) is 14.7. The molecule has 1 aromatic rings. The van der Waals surface area contributed by atoms with Crippen LogP contribution in [0, 0.1) is 5.92 Å². The molecule has 3 heterocycles. The molecule has 3 aliphatic rings. The van der Waals surface area contributed by atoms with Crippen molar-refractivity contribution in [2.24, 2.45) is 5.92 Å². The molecule has 3 aliphatic heterocycles. The lowest BCUT2D eigenvalue weighted by atomic mass is 9.80. The van der Waals surface area contributed by atoms with Crippen molar-refractivity contribution in [1.82, 2.24) is 4.90 Å². The van der Waals surface area contributed by atoms with E-state index in [1.807, 2.05) is 31.2 Å². The number of amides is 1. The van der Waals surface area contributed by atoms with Crippen molar-refractivity contribution in [3.8, 4) is 11.5 Å². The number of fused-ring (bicyclic) bond motifs is 1. The second-order valence-corrected chi connectivity index (χ2v) is 7.55. The van der Waals surface area contributed by atoms with Crippen molar-refractivity contribution in [3.63, 3.8) is 0 Å². The molecule has 8 heteroatoms. The largest absolute Gasteiger partial charge is 0.459 e. The second kappa shape index (κ2) is 9.68. The lowest BCUT2D eigenvalue weighted by Crippen LogP contribution is -2.44. The summed E-state index contributed by atoms with van der Waals surface area (Å²) in [6.07, 6.45) is 2.66. The Labute approximate surface area is 176 Å². The molecule has 0 aliphatic carbocycles. The van der Waals surface area contributed by atoms with Crippen LogP contribution in [0.5, 0.6) is 11.5 Å². The van der Waals surface area contributed by atoms with Gasteiger partial charge in [0, 0.05) is 38.1 Å². The minimum Gasteiger partial charge on any atom is -0.459 e. The first-order valence-electron chi connectivity index (χ1n) is 10.6. The van der Waals surface area contributed by atoms with E-state index in [-0.39, 0.29) is 31.1 Å². The molecule has 0 aromatic heterocycles. The Morgan fingerprint density at radius 1 is 1.23 bits per heavy atom. The number of hydrogen-bond acceptors (Lipinski definition) is 7. The number of nitrogens with zero attached hydrogens (tertiary/aromatic N) is 1. The first kappa shape index (κ1) is 21.0. The third-order valence-corrected chi connectivity index (χ3v) is 5.70. The molecule has 8 nitrogen and oxygen atoms in total. The minimum absolute atomic E-state index is 0.0429. The monoisotopic (exact) mass is 419 g/mol. The summed E-state index contributed by atoms with van der Waals surface area (Å²) in [5.41, 5.74) is 1.00. The number of aliphatic hydroxyl groups excluding tert-OH is 1. The molecule has 164 valence electrons. The summed E-state index contributed by atoms with van der Waals surface area (Å²) in [5, 5.41) is 9.40. The molecule has 1 N–H and O–H groups in total. The van der Waals surface area contributed by atoms with Crippen LogP contribution in [-0.2, 0) is 19.0 Å². The van der Waals surface area contributed by atoms with Crippen LogP contribution in [0.25, 0.3) is 0 Å². The van der Waals surface area contributed by atoms with E-state index >= 15 is 0 Å². The fourth-order valence-corrected chi connectivity index (χ4v) is 4.18. The molecule has 1 aromatic carbocycles. The van der Waals surface area contributed by atoms with Gasteiger partial charge in [0.15, 0.2) is 17.3 Å². The van der Waals surface area contributed by atoms with E-state index in [0.717, 1.165) is 5.56 Å². The van der Waals surface area contributed by atoms with Gasteiger partial charge in [-0.2, -0.15) is 0 Å². The Balaban J connectivity index is 1.67. The van der Waals surface area contributed by atoms with E-state index in [9.17, 15) is 9.90 Å². The fourth-order valence-electron chi connectivity index (χ4n) is 4.18. The van der Waals surface area contributed by atoms with E-state index in [1.54, 1.807) is 4.90 Å². The van der Waals surface area contributed by atoms with Gasteiger partial charge >= 0.3 is 0 Å². The molecule has 4 rings (SSSR count). The summed E-state index contributed by atoms with van der Waals surface area (Å²) in [5.74, 6) is 1.41. The third kappa shape index (κ3) is 4.40. The molecular weight excluding hydrogens is 390 g/mol. The number of allylic oxidation sites excluding steroid dienone is 1. The van der Waals surface area contributed by atoms with Crippen molar-refractivity contribution in [3.05, 3.63) is 35.6 Å². The van der Waals surface area contributed by atoms with Crippen LogP contribution in [-0.4, -0.2) is 68.5 Å². The second-order valence-electron chi connectivity index (χ2n) is 7.55. The fraction of sp³-hybridized carbons (Fsp3) is 0.591. The van der Waals surface area contributed by atoms with Crippen LogP contribution in [0.15, 0.2) is 30.0 Å². The van der Waals surface area contributed by atoms with E-state index in [4.69, 9.17) is 23.7 Å². The zero-order chi connectivity index (χ0) is 20.9. The van der Waals surface area contributed by atoms with Gasteiger partial charge in [-0.15, -0.1) is 0 Å². The number of hydrogen-bond donors (Lipinski definition) is 1. The highest BCUT2D eigenvalue weighted by atomic mass is 16.7. The summed E-state index contributed by atoms with van der Waals surface area (Å²) >= 11 is 0. The van der Waals surface area contributed by atoms with Gasteiger partial charge in [0.05, 0.1) is 13.2 Å². The number of rotatable bonds is 7. The Morgan fingerprint density at radius 3 is 2.80 bits per heavy atom. The van der Waals surface area contributed by atoms with E-state index in [1.165, 1.54) is 0 Å². The average molecular weight is 419 g/mol. The molecular formula is C22H29NO7. The Hall–Kier alpha value is -2.29. The maximum Gasteiger partial charge on any atom is 0.288 e.